The Balaban J connectivity index is 1.44. The van der Waals surface area contributed by atoms with Crippen LogP contribution in [0.4, 0.5) is 5.69 Å². The molecule has 0 radical (unpaired) electrons. The van der Waals surface area contributed by atoms with Crippen LogP contribution in [0.25, 0.3) is 0 Å². The van der Waals surface area contributed by atoms with E-state index < -0.39 is 29.6 Å². The third-order valence-corrected chi connectivity index (χ3v) is 10.0. The summed E-state index contributed by atoms with van der Waals surface area (Å²) in [4.78, 5) is 44.3. The molecular formula is C29H39N3O4S. The number of nitrogens with zero attached hydrogens (tertiary/aromatic N) is 1. The first-order valence-corrected chi connectivity index (χ1v) is 14.9. The molecular weight excluding hydrogens is 486 g/mol. The number of likely N-dealkylation sites (tertiary alicyclic amines) is 1. The number of carbonyl (C=O) groups is 3. The van der Waals surface area contributed by atoms with Crippen molar-refractivity contribution in [3.05, 3.63) is 36.4 Å². The topological polar surface area (TPSA) is 87.7 Å². The molecule has 3 heterocycles. The first-order valence-electron chi connectivity index (χ1n) is 13.7. The predicted molar refractivity (Wildman–Crippen MR) is 145 cm³/mol. The average Bonchev–Trinajstić information content (AvgIpc) is 3.53. The molecule has 9 unspecified atom stereocenters. The summed E-state index contributed by atoms with van der Waals surface area (Å²) in [5.41, 5.74) is -0.432. The Labute approximate surface area is 224 Å². The highest BCUT2D eigenvalue weighted by Gasteiger charge is 2.73. The van der Waals surface area contributed by atoms with Gasteiger partial charge in [0.15, 0.2) is 0 Å². The molecule has 200 valence electrons. The van der Waals surface area contributed by atoms with Crippen LogP contribution in [-0.2, 0) is 19.1 Å². The van der Waals surface area contributed by atoms with Crippen molar-refractivity contribution in [2.24, 2.45) is 23.7 Å². The quantitative estimate of drug-likeness (QED) is 0.411. The summed E-state index contributed by atoms with van der Waals surface area (Å²) in [7, 11) is 0. The maximum absolute atomic E-state index is 14.0. The molecule has 3 fully saturated rings. The number of rotatable bonds is 7. The number of benzene rings is 1. The number of thioether (sulfide) groups is 1. The molecule has 37 heavy (non-hydrogen) atoms. The van der Waals surface area contributed by atoms with E-state index in [0.717, 1.165) is 17.7 Å². The van der Waals surface area contributed by atoms with Crippen molar-refractivity contribution in [1.82, 2.24) is 10.2 Å². The van der Waals surface area contributed by atoms with E-state index in [1.807, 2.05) is 56.5 Å². The van der Waals surface area contributed by atoms with Crippen LogP contribution in [0.2, 0.25) is 0 Å². The summed E-state index contributed by atoms with van der Waals surface area (Å²) in [5.74, 6) is -1.07. The lowest BCUT2D eigenvalue weighted by Crippen LogP contribution is -2.59. The number of ether oxygens (including phenoxy) is 1. The number of hydrogen-bond donors (Lipinski definition) is 2. The Morgan fingerprint density at radius 3 is 2.76 bits per heavy atom. The van der Waals surface area contributed by atoms with Crippen LogP contribution < -0.4 is 10.6 Å². The molecule has 1 aromatic carbocycles. The van der Waals surface area contributed by atoms with E-state index in [4.69, 9.17) is 4.74 Å². The molecule has 4 aliphatic rings. The summed E-state index contributed by atoms with van der Waals surface area (Å²) >= 11 is 1.60. The van der Waals surface area contributed by atoms with Crippen LogP contribution in [-0.4, -0.2) is 58.7 Å². The van der Waals surface area contributed by atoms with Gasteiger partial charge in [-0.3, -0.25) is 14.4 Å². The molecule has 5 rings (SSSR count). The first kappa shape index (κ1) is 26.3. The van der Waals surface area contributed by atoms with E-state index in [2.05, 4.69) is 24.5 Å². The van der Waals surface area contributed by atoms with Gasteiger partial charge in [0.1, 0.15) is 11.6 Å². The Kier molecular flexibility index (Phi) is 7.18. The second kappa shape index (κ2) is 10.1. The Morgan fingerprint density at radius 2 is 2.03 bits per heavy atom. The number of carbonyl (C=O) groups excluding carboxylic acids is 3. The van der Waals surface area contributed by atoms with Gasteiger partial charge in [-0.15, -0.1) is 11.8 Å². The molecule has 9 atom stereocenters. The van der Waals surface area contributed by atoms with E-state index in [1.54, 1.807) is 16.7 Å². The molecule has 2 saturated heterocycles. The van der Waals surface area contributed by atoms with Gasteiger partial charge in [0.05, 0.1) is 17.9 Å². The van der Waals surface area contributed by atoms with Crippen LogP contribution in [0, 0.1) is 23.7 Å². The van der Waals surface area contributed by atoms with E-state index in [0.29, 0.717) is 23.9 Å². The van der Waals surface area contributed by atoms with Gasteiger partial charge in [-0.2, -0.15) is 0 Å². The van der Waals surface area contributed by atoms with Crippen LogP contribution in [0.3, 0.4) is 0 Å². The van der Waals surface area contributed by atoms with E-state index in [1.165, 1.54) is 6.42 Å². The molecule has 3 amide bonds. The van der Waals surface area contributed by atoms with Gasteiger partial charge in [0.2, 0.25) is 17.7 Å². The molecule has 2 N–H and O–H groups in total. The summed E-state index contributed by atoms with van der Waals surface area (Å²) in [5, 5.41) is 6.32. The molecule has 1 spiro atoms. The number of amides is 3. The number of nitrogens with one attached hydrogen (secondary N) is 2. The van der Waals surface area contributed by atoms with Crippen molar-refractivity contribution in [3.8, 4) is 0 Å². The molecule has 0 aromatic heterocycles. The third kappa shape index (κ3) is 4.30. The zero-order valence-corrected chi connectivity index (χ0v) is 23.2. The van der Waals surface area contributed by atoms with Gasteiger partial charge < -0.3 is 20.3 Å². The number of fused-ring (bicyclic) bond motifs is 1. The van der Waals surface area contributed by atoms with Gasteiger partial charge >= 0.3 is 0 Å². The van der Waals surface area contributed by atoms with Crippen molar-refractivity contribution in [2.75, 3.05) is 11.6 Å². The van der Waals surface area contributed by atoms with Crippen molar-refractivity contribution < 1.29 is 19.1 Å². The molecule has 2 bridgehead atoms. The van der Waals surface area contributed by atoms with Gasteiger partial charge in [-0.1, -0.05) is 51.8 Å². The third-order valence-electron chi connectivity index (χ3n) is 9.30. The van der Waals surface area contributed by atoms with Crippen molar-refractivity contribution in [2.45, 2.75) is 88.1 Å². The Morgan fingerprint density at radius 1 is 1.24 bits per heavy atom. The largest absolute Gasteiger partial charge is 0.359 e. The summed E-state index contributed by atoms with van der Waals surface area (Å²) in [6.07, 6.45) is 9.13. The lowest BCUT2D eigenvalue weighted by atomic mass is 9.73. The van der Waals surface area contributed by atoms with Crippen molar-refractivity contribution in [3.63, 3.8) is 0 Å². The second-order valence-corrected chi connectivity index (χ2v) is 12.2. The normalized spacial score (nSPS) is 36.9. The minimum absolute atomic E-state index is 0.0750. The number of anilines is 1. The molecule has 7 nitrogen and oxygen atoms in total. The summed E-state index contributed by atoms with van der Waals surface area (Å²) < 4.78 is 6.47. The fourth-order valence-corrected chi connectivity index (χ4v) is 7.31. The predicted octanol–water partition coefficient (Wildman–Crippen LogP) is 4.24. The van der Waals surface area contributed by atoms with Crippen LogP contribution in [0.5, 0.6) is 0 Å². The van der Waals surface area contributed by atoms with Gasteiger partial charge in [-0.25, -0.2) is 0 Å². The molecule has 1 aliphatic carbocycles. The lowest BCUT2D eigenvalue weighted by Gasteiger charge is -2.39. The maximum Gasteiger partial charge on any atom is 0.246 e. The smallest absolute Gasteiger partial charge is 0.246 e. The highest BCUT2D eigenvalue weighted by molar-refractivity contribution is 7.98. The zero-order valence-electron chi connectivity index (χ0n) is 22.4. The standard InChI is InChI=1S/C29H39N3O4S/c1-6-17(3)32-25(27(34)31-21-12-7-9-16(2)18(21)4)29-14-13-22(36-29)23(24(29)28(32)35)26(33)30-19-10-8-11-20(15-19)37-5/h8,10-11,13-18,21-25H,6-7,9,12H2,1-5H3,(H,30,33)(H,31,34). The molecule has 1 aromatic rings. The molecule has 1 saturated carbocycles. The monoisotopic (exact) mass is 525 g/mol. The van der Waals surface area contributed by atoms with E-state index in [-0.39, 0.29) is 29.8 Å². The average molecular weight is 526 g/mol. The lowest BCUT2D eigenvalue weighted by molar-refractivity contribution is -0.144. The Bertz CT molecular complexity index is 1110. The first-order chi connectivity index (χ1) is 17.7. The van der Waals surface area contributed by atoms with E-state index >= 15 is 0 Å². The van der Waals surface area contributed by atoms with Crippen molar-refractivity contribution in [1.29, 1.82) is 0 Å². The van der Waals surface area contributed by atoms with Crippen LogP contribution >= 0.6 is 11.8 Å². The summed E-state index contributed by atoms with van der Waals surface area (Å²) in [6, 6.07) is 6.80. The van der Waals surface area contributed by atoms with E-state index in [9.17, 15) is 14.4 Å². The van der Waals surface area contributed by atoms with Crippen LogP contribution in [0.1, 0.15) is 53.4 Å². The highest BCUT2D eigenvalue weighted by atomic mass is 32.2. The number of hydrogen-bond acceptors (Lipinski definition) is 5. The molecule has 8 heteroatoms. The fourth-order valence-electron chi connectivity index (χ4n) is 6.85. The van der Waals surface area contributed by atoms with Crippen LogP contribution in [0.15, 0.2) is 41.3 Å². The zero-order chi connectivity index (χ0) is 26.5. The van der Waals surface area contributed by atoms with Crippen molar-refractivity contribution >= 4 is 35.2 Å². The van der Waals surface area contributed by atoms with Gasteiger partial charge in [-0.05, 0) is 56.1 Å². The molecule has 3 aliphatic heterocycles. The van der Waals surface area contributed by atoms with Gasteiger partial charge in [0.25, 0.3) is 0 Å². The maximum atomic E-state index is 14.0. The Hall–Kier alpha value is -2.32. The highest BCUT2D eigenvalue weighted by Crippen LogP contribution is 2.56. The SMILES string of the molecule is CCC(C)N1C(=O)C2C(C(=O)Nc3cccc(SC)c3)C3C=CC2(O3)C1C(=O)NC1CCCC(C)C1C. The summed E-state index contributed by atoms with van der Waals surface area (Å²) in [6.45, 7) is 8.43. The minimum atomic E-state index is -1.12. The van der Waals surface area contributed by atoms with Gasteiger partial charge in [0, 0.05) is 22.7 Å². The minimum Gasteiger partial charge on any atom is -0.359 e. The second-order valence-electron chi connectivity index (χ2n) is 11.3. The fraction of sp³-hybridized carbons (Fsp3) is 0.621.